The van der Waals surface area contributed by atoms with Crippen LogP contribution in [0.25, 0.3) is 106 Å². The van der Waals surface area contributed by atoms with Gasteiger partial charge in [0.2, 0.25) is 0 Å². The molecule has 0 fully saturated rings. The Morgan fingerprint density at radius 1 is 0.411 bits per heavy atom. The molecule has 11 rings (SSSR count). The molecule has 5 heteroatoms. The predicted molar refractivity (Wildman–Crippen MR) is 229 cm³/mol. The minimum Gasteiger partial charge on any atom is -0.456 e. The summed E-state index contributed by atoms with van der Waals surface area (Å²) in [6.07, 6.45) is 0. The number of hydrogen-bond acceptors (Lipinski definition) is 4. The molecule has 0 spiro atoms. The van der Waals surface area contributed by atoms with Crippen molar-refractivity contribution in [2.24, 2.45) is 0 Å². The first-order valence-electron chi connectivity index (χ1n) is 22.1. The molecule has 0 aliphatic carbocycles. The van der Waals surface area contributed by atoms with Crippen LogP contribution in [0.5, 0.6) is 0 Å². The summed E-state index contributed by atoms with van der Waals surface area (Å²) in [5.74, 6) is 1.46. The van der Waals surface area contributed by atoms with Gasteiger partial charge in [-0.05, 0) is 64.7 Å². The molecule has 0 saturated heterocycles. The predicted octanol–water partition coefficient (Wildman–Crippen LogP) is 13.2. The lowest BCUT2D eigenvalue weighted by molar-refractivity contribution is 0.669. The van der Waals surface area contributed by atoms with E-state index in [0.717, 1.165) is 55.3 Å². The minimum atomic E-state index is -0.483. The van der Waals surface area contributed by atoms with Crippen LogP contribution >= 0.6 is 0 Å². The fourth-order valence-electron chi connectivity index (χ4n) is 7.49. The molecule has 0 amide bonds. The molecule has 56 heavy (non-hydrogen) atoms. The first kappa shape index (κ1) is 24.6. The molecule has 262 valence electrons. The molecule has 0 N–H and O–H groups in total. The molecule has 11 aromatic rings. The van der Waals surface area contributed by atoms with Crippen LogP contribution < -0.4 is 0 Å². The Labute approximate surface area is 334 Å². The quantitative estimate of drug-likeness (QED) is 0.171. The Bertz CT molecular complexity index is 3630. The van der Waals surface area contributed by atoms with Crippen LogP contribution in [0.3, 0.4) is 0 Å². The lowest BCUT2D eigenvalue weighted by Crippen LogP contribution is -2.00. The monoisotopic (exact) mass is 724 g/mol. The Kier molecular flexibility index (Phi) is 5.74. The van der Waals surface area contributed by atoms with Crippen LogP contribution in [-0.4, -0.2) is 19.5 Å². The van der Waals surface area contributed by atoms with Crippen molar-refractivity contribution < 1.29 is 15.4 Å². The van der Waals surface area contributed by atoms with Gasteiger partial charge < -0.3 is 8.98 Å². The molecular formula is C51H32N4O. The van der Waals surface area contributed by atoms with Crippen molar-refractivity contribution in [3.8, 4) is 62.1 Å². The molecule has 3 aromatic heterocycles. The van der Waals surface area contributed by atoms with E-state index in [4.69, 9.17) is 30.3 Å². The van der Waals surface area contributed by atoms with Gasteiger partial charge in [0, 0.05) is 43.9 Å². The molecule has 0 saturated carbocycles. The summed E-state index contributed by atoms with van der Waals surface area (Å²) in [6.45, 7) is 0. The summed E-state index contributed by atoms with van der Waals surface area (Å²) in [4.78, 5) is 14.9. The van der Waals surface area contributed by atoms with Crippen molar-refractivity contribution in [2.75, 3.05) is 0 Å². The largest absolute Gasteiger partial charge is 0.456 e. The topological polar surface area (TPSA) is 56.7 Å². The van der Waals surface area contributed by atoms with Gasteiger partial charge in [-0.15, -0.1) is 0 Å². The third kappa shape index (κ3) is 5.37. The molecule has 0 unspecified atom stereocenters. The van der Waals surface area contributed by atoms with Crippen molar-refractivity contribution in [1.82, 2.24) is 19.5 Å². The first-order valence-corrected chi connectivity index (χ1v) is 18.1. The van der Waals surface area contributed by atoms with E-state index < -0.39 is 24.2 Å². The van der Waals surface area contributed by atoms with E-state index >= 15 is 0 Å². The van der Waals surface area contributed by atoms with E-state index in [1.54, 1.807) is 12.1 Å². The zero-order valence-electron chi connectivity index (χ0n) is 37.6. The van der Waals surface area contributed by atoms with E-state index in [1.807, 2.05) is 109 Å². The number of para-hydroxylation sites is 2. The molecule has 0 aliphatic heterocycles. The third-order valence-electron chi connectivity index (χ3n) is 10.1. The van der Waals surface area contributed by atoms with Crippen molar-refractivity contribution in [1.29, 1.82) is 0 Å². The van der Waals surface area contributed by atoms with Crippen molar-refractivity contribution in [2.45, 2.75) is 0 Å². The van der Waals surface area contributed by atoms with Gasteiger partial charge in [-0.3, -0.25) is 0 Å². The second kappa shape index (κ2) is 13.0. The smallest absolute Gasteiger partial charge is 0.164 e. The van der Waals surface area contributed by atoms with Crippen molar-refractivity contribution >= 4 is 43.7 Å². The second-order valence-corrected chi connectivity index (χ2v) is 13.4. The molecule has 3 heterocycles. The first-order chi connectivity index (χ1) is 31.1. The second-order valence-electron chi connectivity index (χ2n) is 13.4. The van der Waals surface area contributed by atoms with E-state index in [-0.39, 0.29) is 46.0 Å². The highest BCUT2D eigenvalue weighted by atomic mass is 16.3. The van der Waals surface area contributed by atoms with Crippen LogP contribution in [0.4, 0.5) is 0 Å². The van der Waals surface area contributed by atoms with Crippen LogP contribution in [0.2, 0.25) is 0 Å². The molecule has 8 aromatic carbocycles. The number of hydrogen-bond donors (Lipinski definition) is 0. The zero-order valence-corrected chi connectivity index (χ0v) is 29.6. The lowest BCUT2D eigenvalue weighted by atomic mass is 9.99. The van der Waals surface area contributed by atoms with Crippen LogP contribution in [0, 0.1) is 0 Å². The lowest BCUT2D eigenvalue weighted by Gasteiger charge is -2.11. The molecule has 0 aliphatic rings. The van der Waals surface area contributed by atoms with Gasteiger partial charge in [0.15, 0.2) is 17.5 Å². The average molecular weight is 725 g/mol. The molecular weight excluding hydrogens is 685 g/mol. The number of rotatable bonds is 6. The van der Waals surface area contributed by atoms with E-state index in [2.05, 4.69) is 24.3 Å². The highest BCUT2D eigenvalue weighted by molar-refractivity contribution is 6.13. The van der Waals surface area contributed by atoms with Gasteiger partial charge in [-0.2, -0.15) is 0 Å². The number of aromatic nitrogens is 4. The fourth-order valence-corrected chi connectivity index (χ4v) is 7.49. The van der Waals surface area contributed by atoms with E-state index in [9.17, 15) is 0 Å². The van der Waals surface area contributed by atoms with E-state index in [1.165, 1.54) is 4.57 Å². The summed E-state index contributed by atoms with van der Waals surface area (Å²) >= 11 is 0. The van der Waals surface area contributed by atoms with Gasteiger partial charge in [-0.25, -0.2) is 15.0 Å². The molecule has 0 radical (unpaired) electrons. The summed E-state index contributed by atoms with van der Waals surface area (Å²) in [5, 5.41) is 2.09. The van der Waals surface area contributed by atoms with Crippen LogP contribution in [0.1, 0.15) is 11.0 Å². The third-order valence-corrected chi connectivity index (χ3v) is 10.1. The summed E-state index contributed by atoms with van der Waals surface area (Å²) in [6, 6.07) is 43.8. The number of fused-ring (bicyclic) bond motifs is 6. The standard InChI is InChI=1S/C51H32N4O/c1-3-13-34(14-4-1)40-21-12-24-46-48(40)43-30-29-38(32-47(43)56-46)51-53-49(35-15-5-2-6-16-35)52-50(54-51)36-27-25-33(26-28-36)37-17-11-18-39(31-37)55-44-22-9-7-19-41(44)42-20-8-10-23-45(42)55/h1-32H/i7D,8D,9D,10D,19D,20D,22D,23D. The number of benzene rings is 8. The molecule has 0 atom stereocenters. The summed E-state index contributed by atoms with van der Waals surface area (Å²) in [7, 11) is 0. The minimum absolute atomic E-state index is 0.0315. The SMILES string of the molecule is [2H]c1c([2H])c([2H])c2c(c1[2H])c1c([2H])c([2H])c([2H])c([2H])c1n2-c1cccc(-c2ccc(-c3nc(-c4ccccc4)nc(-c4ccc5c(c4)oc4cccc(-c6ccccc6)c45)n3)cc2)c1. The van der Waals surface area contributed by atoms with Crippen LogP contribution in [0.15, 0.2) is 198 Å². The van der Waals surface area contributed by atoms with Gasteiger partial charge in [-0.1, -0.05) is 152 Å². The normalized spacial score (nSPS) is 13.6. The number of furan rings is 1. The fraction of sp³-hybridized carbons (Fsp3) is 0. The highest BCUT2D eigenvalue weighted by Gasteiger charge is 2.17. The zero-order chi connectivity index (χ0) is 44.0. The Hall–Kier alpha value is -7.63. The average Bonchev–Trinajstić information content (AvgIpc) is 3.91. The maximum Gasteiger partial charge on any atom is 0.164 e. The Morgan fingerprint density at radius 3 is 1.66 bits per heavy atom. The highest BCUT2D eigenvalue weighted by Crippen LogP contribution is 2.39. The van der Waals surface area contributed by atoms with Gasteiger partial charge >= 0.3 is 0 Å². The van der Waals surface area contributed by atoms with Gasteiger partial charge in [0.25, 0.3) is 0 Å². The number of nitrogens with zero attached hydrogens (tertiary/aromatic N) is 4. The Balaban J connectivity index is 1.01. The summed E-state index contributed by atoms with van der Waals surface area (Å²) < 4.78 is 77.0. The van der Waals surface area contributed by atoms with Crippen LogP contribution in [-0.2, 0) is 0 Å². The molecule has 5 nitrogen and oxygen atoms in total. The molecule has 0 bridgehead atoms. The van der Waals surface area contributed by atoms with Crippen molar-refractivity contribution in [3.05, 3.63) is 194 Å². The maximum atomic E-state index is 8.91. The summed E-state index contributed by atoms with van der Waals surface area (Å²) in [5.41, 5.74) is 8.21. The van der Waals surface area contributed by atoms with Gasteiger partial charge in [0.1, 0.15) is 11.2 Å². The maximum absolute atomic E-state index is 8.91. The Morgan fingerprint density at radius 2 is 0.964 bits per heavy atom. The van der Waals surface area contributed by atoms with Crippen molar-refractivity contribution in [3.63, 3.8) is 0 Å². The van der Waals surface area contributed by atoms with E-state index in [0.29, 0.717) is 28.7 Å². The van der Waals surface area contributed by atoms with Gasteiger partial charge in [0.05, 0.1) is 22.0 Å².